The van der Waals surface area contributed by atoms with E-state index >= 15 is 0 Å². The molecular weight excluding hydrogens is 350 g/mol. The van der Waals surface area contributed by atoms with Crippen molar-refractivity contribution in [2.45, 2.75) is 45.2 Å². The van der Waals surface area contributed by atoms with Gasteiger partial charge in [-0.05, 0) is 18.8 Å². The summed E-state index contributed by atoms with van der Waals surface area (Å²) in [4.78, 5) is 44.2. The topological polar surface area (TPSA) is 96.4 Å². The van der Waals surface area contributed by atoms with Crippen molar-refractivity contribution in [1.82, 2.24) is 24.9 Å². The van der Waals surface area contributed by atoms with Gasteiger partial charge in [0.1, 0.15) is 11.7 Å². The van der Waals surface area contributed by atoms with E-state index in [2.05, 4.69) is 10.2 Å². The number of carbonyl (C=O) groups is 3. The number of carboxylic acid groups (broad SMARTS) is 1. The summed E-state index contributed by atoms with van der Waals surface area (Å²) in [5, 5.41) is 11.4. The van der Waals surface area contributed by atoms with Gasteiger partial charge in [-0.3, -0.25) is 9.59 Å². The van der Waals surface area contributed by atoms with Crippen LogP contribution in [0.5, 0.6) is 0 Å². The van der Waals surface area contributed by atoms with Gasteiger partial charge in [-0.1, -0.05) is 20.3 Å². The highest BCUT2D eigenvalue weighted by Gasteiger charge is 2.41. The molecule has 9 heteroatoms. The number of piperidine rings is 1. The third-order valence-corrected chi connectivity index (χ3v) is 5.86. The van der Waals surface area contributed by atoms with Crippen molar-refractivity contribution < 1.29 is 19.5 Å². The van der Waals surface area contributed by atoms with Gasteiger partial charge in [-0.2, -0.15) is 0 Å². The molecule has 3 amide bonds. The summed E-state index contributed by atoms with van der Waals surface area (Å²) in [5.41, 5.74) is 0.749. The minimum absolute atomic E-state index is 0.0640. The van der Waals surface area contributed by atoms with E-state index in [1.165, 1.54) is 0 Å². The van der Waals surface area contributed by atoms with Crippen molar-refractivity contribution in [3.63, 3.8) is 0 Å². The molecule has 3 aliphatic heterocycles. The van der Waals surface area contributed by atoms with E-state index in [9.17, 15) is 14.4 Å². The Bertz CT molecular complexity index is 644. The van der Waals surface area contributed by atoms with Crippen LogP contribution >= 0.6 is 0 Å². The van der Waals surface area contributed by atoms with Crippen molar-refractivity contribution in [1.29, 1.82) is 0 Å². The first-order valence-electron chi connectivity index (χ1n) is 9.58. The number of likely N-dealkylation sites (tertiary alicyclic amines) is 1. The number of nitrogens with zero attached hydrogens (tertiary/aromatic N) is 4. The van der Waals surface area contributed by atoms with Gasteiger partial charge in [-0.15, -0.1) is 0 Å². The van der Waals surface area contributed by atoms with E-state index in [1.54, 1.807) is 4.90 Å². The minimum atomic E-state index is -1.18. The molecule has 0 bridgehead atoms. The van der Waals surface area contributed by atoms with Crippen molar-refractivity contribution >= 4 is 17.9 Å². The van der Waals surface area contributed by atoms with Crippen LogP contribution in [0.4, 0.5) is 4.79 Å². The van der Waals surface area contributed by atoms with Crippen molar-refractivity contribution in [3.8, 4) is 0 Å². The van der Waals surface area contributed by atoms with Gasteiger partial charge in [0.05, 0.1) is 13.3 Å². The fourth-order valence-corrected chi connectivity index (χ4v) is 4.08. The predicted octanol–water partition coefficient (Wildman–Crippen LogP) is 0.506. The van der Waals surface area contributed by atoms with Crippen LogP contribution in [-0.2, 0) is 9.59 Å². The highest BCUT2D eigenvalue weighted by Crippen LogP contribution is 2.29. The maximum Gasteiger partial charge on any atom is 0.405 e. The van der Waals surface area contributed by atoms with Crippen LogP contribution in [0.2, 0.25) is 0 Å². The predicted molar refractivity (Wildman–Crippen MR) is 98.3 cm³/mol. The highest BCUT2D eigenvalue weighted by atomic mass is 16.4. The van der Waals surface area contributed by atoms with Crippen LogP contribution in [0.15, 0.2) is 11.9 Å². The Morgan fingerprint density at radius 3 is 2.52 bits per heavy atom. The quantitative estimate of drug-likeness (QED) is 0.722. The summed E-state index contributed by atoms with van der Waals surface area (Å²) in [6.45, 7) is 6.24. The second-order valence-electron chi connectivity index (χ2n) is 7.74. The number of fused-ring (bicyclic) bond motifs is 1. The van der Waals surface area contributed by atoms with Gasteiger partial charge in [-0.25, -0.2) is 4.79 Å². The lowest BCUT2D eigenvalue weighted by atomic mass is 9.96. The summed E-state index contributed by atoms with van der Waals surface area (Å²) >= 11 is 0. The molecule has 0 spiro atoms. The largest absolute Gasteiger partial charge is 0.465 e. The second kappa shape index (κ2) is 7.66. The molecule has 150 valence electrons. The molecule has 2 N–H and O–H groups in total. The fourth-order valence-electron chi connectivity index (χ4n) is 4.08. The summed E-state index contributed by atoms with van der Waals surface area (Å²) in [6, 6.07) is -0.600. The monoisotopic (exact) mass is 379 g/mol. The zero-order valence-corrected chi connectivity index (χ0v) is 16.2. The zero-order chi connectivity index (χ0) is 19.7. The smallest absolute Gasteiger partial charge is 0.405 e. The van der Waals surface area contributed by atoms with Crippen molar-refractivity contribution in [2.24, 2.45) is 5.92 Å². The van der Waals surface area contributed by atoms with Gasteiger partial charge in [0.25, 0.3) is 5.91 Å². The third kappa shape index (κ3) is 3.81. The number of amides is 3. The maximum absolute atomic E-state index is 12.8. The molecule has 0 aromatic heterocycles. The van der Waals surface area contributed by atoms with Crippen molar-refractivity contribution in [2.75, 3.05) is 33.5 Å². The fraction of sp³-hybridized carbons (Fsp3) is 0.722. The Kier molecular flexibility index (Phi) is 5.48. The van der Waals surface area contributed by atoms with Crippen LogP contribution in [-0.4, -0.2) is 88.2 Å². The first-order valence-corrected chi connectivity index (χ1v) is 9.58. The normalized spacial score (nSPS) is 22.6. The van der Waals surface area contributed by atoms with E-state index in [0.717, 1.165) is 31.6 Å². The lowest BCUT2D eigenvalue weighted by Crippen LogP contribution is -2.55. The lowest BCUT2D eigenvalue weighted by molar-refractivity contribution is -0.137. The molecule has 3 aliphatic rings. The third-order valence-electron chi connectivity index (χ3n) is 5.86. The molecule has 2 saturated heterocycles. The van der Waals surface area contributed by atoms with Crippen LogP contribution in [0.25, 0.3) is 0 Å². The zero-order valence-electron chi connectivity index (χ0n) is 16.2. The van der Waals surface area contributed by atoms with E-state index in [1.807, 2.05) is 36.9 Å². The molecule has 0 aliphatic carbocycles. The Labute approximate surface area is 159 Å². The van der Waals surface area contributed by atoms with E-state index in [-0.39, 0.29) is 23.8 Å². The molecule has 9 nitrogen and oxygen atoms in total. The Balaban J connectivity index is 1.58. The van der Waals surface area contributed by atoms with Crippen molar-refractivity contribution in [3.05, 3.63) is 11.9 Å². The summed E-state index contributed by atoms with van der Waals surface area (Å²) in [7, 11) is 1.95. The Morgan fingerprint density at radius 1 is 1.30 bits per heavy atom. The SMILES string of the molecule is CC[C@H](C)[C@@H](NC(=O)O)C(=O)N1CCC(N2CN3CN(C)C=C3C2=O)CC1. The molecule has 0 aromatic carbocycles. The van der Waals surface area contributed by atoms with Crippen LogP contribution in [0.1, 0.15) is 33.1 Å². The molecule has 27 heavy (non-hydrogen) atoms. The number of nitrogens with one attached hydrogen (secondary N) is 1. The van der Waals surface area contributed by atoms with Crippen LogP contribution in [0, 0.1) is 5.92 Å². The minimum Gasteiger partial charge on any atom is -0.465 e. The molecule has 0 aromatic rings. The van der Waals surface area contributed by atoms with Gasteiger partial charge in [0.2, 0.25) is 5.91 Å². The first kappa shape index (κ1) is 19.3. The Hall–Kier alpha value is -2.45. The molecule has 3 rings (SSSR count). The summed E-state index contributed by atoms with van der Waals surface area (Å²) in [6.07, 6.45) is 2.86. The van der Waals surface area contributed by atoms with Crippen LogP contribution < -0.4 is 5.32 Å². The first-order chi connectivity index (χ1) is 12.8. The van der Waals surface area contributed by atoms with E-state index < -0.39 is 12.1 Å². The summed E-state index contributed by atoms with van der Waals surface area (Å²) < 4.78 is 0. The highest BCUT2D eigenvalue weighted by molar-refractivity contribution is 5.95. The standard InChI is InChI=1S/C18H29N5O4/c1-4-12(2)15(19-18(26)27)17(25)21-7-5-13(6-8-21)23-11-22-10-20(3)9-14(22)16(23)24/h9,12-13,15,19H,4-8,10-11H2,1-3H3,(H,26,27)/t12-,15+/m0/s1. The maximum atomic E-state index is 12.8. The van der Waals surface area contributed by atoms with Crippen LogP contribution in [0.3, 0.4) is 0 Å². The molecule has 2 fully saturated rings. The second-order valence-corrected chi connectivity index (χ2v) is 7.74. The number of hydrogen-bond acceptors (Lipinski definition) is 5. The van der Waals surface area contributed by atoms with Gasteiger partial charge >= 0.3 is 6.09 Å². The molecule has 2 atom stereocenters. The van der Waals surface area contributed by atoms with Gasteiger partial charge in [0.15, 0.2) is 0 Å². The number of hydrogen-bond donors (Lipinski definition) is 2. The molecule has 0 unspecified atom stereocenters. The van der Waals surface area contributed by atoms with E-state index in [4.69, 9.17) is 5.11 Å². The van der Waals surface area contributed by atoms with Gasteiger partial charge in [0, 0.05) is 32.4 Å². The summed E-state index contributed by atoms with van der Waals surface area (Å²) in [5.74, 6) is -0.167. The van der Waals surface area contributed by atoms with E-state index in [0.29, 0.717) is 19.8 Å². The average Bonchev–Trinajstić information content (AvgIpc) is 3.16. The Morgan fingerprint density at radius 2 is 1.96 bits per heavy atom. The average molecular weight is 379 g/mol. The molecule has 0 radical (unpaired) electrons. The molecular formula is C18H29N5O4. The lowest BCUT2D eigenvalue weighted by Gasteiger charge is -2.38. The molecule has 3 heterocycles. The van der Waals surface area contributed by atoms with Gasteiger partial charge < -0.3 is 30.0 Å². The number of carbonyl (C=O) groups excluding carboxylic acids is 2. The molecule has 0 saturated carbocycles. The number of rotatable bonds is 5.